The number of ether oxygens (including phenoxy) is 1. The standard InChI is InChI=1S/C5H13NOP2/c8-5(9)6-1-3-7-4-2-6/h5H,1-4,8-9H2. The van der Waals surface area contributed by atoms with Crippen LogP contribution in [0.2, 0.25) is 0 Å². The van der Waals surface area contributed by atoms with Gasteiger partial charge in [0.1, 0.15) is 0 Å². The number of hydrogen-bond acceptors (Lipinski definition) is 2. The average molecular weight is 165 g/mol. The van der Waals surface area contributed by atoms with Gasteiger partial charge in [0, 0.05) is 18.6 Å². The highest BCUT2D eigenvalue weighted by molar-refractivity contribution is 7.37. The molecule has 1 fully saturated rings. The molecule has 0 aromatic rings. The van der Waals surface area contributed by atoms with Crippen LogP contribution in [0.3, 0.4) is 0 Å². The third-order valence-electron chi connectivity index (χ3n) is 1.47. The van der Waals surface area contributed by atoms with Gasteiger partial charge in [-0.1, -0.05) is 0 Å². The molecular weight excluding hydrogens is 152 g/mol. The fourth-order valence-electron chi connectivity index (χ4n) is 0.876. The normalized spacial score (nSPS) is 23.0. The zero-order chi connectivity index (χ0) is 6.69. The Labute approximate surface area is 60.7 Å². The molecule has 0 saturated carbocycles. The van der Waals surface area contributed by atoms with Crippen LogP contribution in [0.5, 0.6) is 0 Å². The molecule has 0 aliphatic carbocycles. The summed E-state index contributed by atoms with van der Waals surface area (Å²) < 4.78 is 5.19. The van der Waals surface area contributed by atoms with Crippen molar-refractivity contribution in [3.05, 3.63) is 0 Å². The topological polar surface area (TPSA) is 12.5 Å². The monoisotopic (exact) mass is 165 g/mol. The Hall–Kier alpha value is 0.780. The number of hydrogen-bond donors (Lipinski definition) is 0. The average Bonchev–Trinajstić information content (AvgIpc) is 1.90. The Morgan fingerprint density at radius 2 is 1.78 bits per heavy atom. The summed E-state index contributed by atoms with van der Waals surface area (Å²) in [6.07, 6.45) is 0. The van der Waals surface area contributed by atoms with Crippen LogP contribution in [0.25, 0.3) is 0 Å². The summed E-state index contributed by atoms with van der Waals surface area (Å²) in [6.45, 7) is 3.91. The highest BCUT2D eigenvalue weighted by Gasteiger charge is 2.12. The molecule has 1 heterocycles. The van der Waals surface area contributed by atoms with Gasteiger partial charge >= 0.3 is 0 Å². The third-order valence-corrected chi connectivity index (χ3v) is 2.31. The minimum Gasteiger partial charge on any atom is -0.379 e. The first-order valence-electron chi connectivity index (χ1n) is 3.13. The Kier molecular flexibility index (Phi) is 3.35. The summed E-state index contributed by atoms with van der Waals surface area (Å²) in [5, 5.41) is 0. The van der Waals surface area contributed by atoms with E-state index < -0.39 is 0 Å². The van der Waals surface area contributed by atoms with E-state index in [0.717, 1.165) is 26.3 Å². The van der Waals surface area contributed by atoms with Gasteiger partial charge in [0.15, 0.2) is 0 Å². The second-order valence-electron chi connectivity index (χ2n) is 2.14. The van der Waals surface area contributed by atoms with Gasteiger partial charge in [0.05, 0.1) is 13.2 Å². The van der Waals surface area contributed by atoms with Gasteiger partial charge in [-0.15, -0.1) is 18.5 Å². The molecule has 4 heteroatoms. The highest BCUT2D eigenvalue weighted by atomic mass is 31.1. The number of morpholine rings is 1. The van der Waals surface area contributed by atoms with Crippen LogP contribution in [0.15, 0.2) is 0 Å². The summed E-state index contributed by atoms with van der Waals surface area (Å²) in [7, 11) is 5.52. The second-order valence-corrected chi connectivity index (χ2v) is 4.27. The summed E-state index contributed by atoms with van der Waals surface area (Å²) in [5.41, 5.74) is 0.522. The van der Waals surface area contributed by atoms with Gasteiger partial charge in [-0.3, -0.25) is 4.90 Å². The van der Waals surface area contributed by atoms with Crippen LogP contribution in [0.4, 0.5) is 0 Å². The molecule has 0 N–H and O–H groups in total. The van der Waals surface area contributed by atoms with E-state index in [1.54, 1.807) is 0 Å². The lowest BCUT2D eigenvalue weighted by Crippen LogP contribution is -2.38. The minimum absolute atomic E-state index is 0.522. The van der Waals surface area contributed by atoms with Gasteiger partial charge in [0.2, 0.25) is 0 Å². The molecule has 0 aromatic carbocycles. The van der Waals surface area contributed by atoms with Crippen LogP contribution in [0.1, 0.15) is 0 Å². The number of nitrogens with zero attached hydrogens (tertiary/aromatic N) is 1. The van der Waals surface area contributed by atoms with Crippen LogP contribution in [-0.4, -0.2) is 36.7 Å². The fourth-order valence-corrected chi connectivity index (χ4v) is 1.47. The molecule has 0 radical (unpaired) electrons. The van der Waals surface area contributed by atoms with Gasteiger partial charge < -0.3 is 4.74 Å². The van der Waals surface area contributed by atoms with Crippen LogP contribution in [-0.2, 0) is 4.74 Å². The van der Waals surface area contributed by atoms with Gasteiger partial charge in [0.25, 0.3) is 0 Å². The second kappa shape index (κ2) is 3.83. The largest absolute Gasteiger partial charge is 0.379 e. The van der Waals surface area contributed by atoms with E-state index in [2.05, 4.69) is 23.4 Å². The van der Waals surface area contributed by atoms with E-state index >= 15 is 0 Å². The maximum Gasteiger partial charge on any atom is 0.0594 e. The first kappa shape index (κ1) is 7.88. The van der Waals surface area contributed by atoms with Crippen molar-refractivity contribution in [3.63, 3.8) is 0 Å². The number of rotatable bonds is 1. The zero-order valence-electron chi connectivity index (χ0n) is 5.42. The zero-order valence-corrected chi connectivity index (χ0v) is 7.73. The SMILES string of the molecule is PC(P)N1CCOCC1. The molecule has 2 nitrogen and oxygen atoms in total. The first-order chi connectivity index (χ1) is 4.30. The lowest BCUT2D eigenvalue weighted by Gasteiger charge is -2.29. The molecule has 0 aromatic heterocycles. The lowest BCUT2D eigenvalue weighted by atomic mass is 10.5. The van der Waals surface area contributed by atoms with E-state index in [0.29, 0.717) is 5.52 Å². The minimum atomic E-state index is 0.522. The quantitative estimate of drug-likeness (QED) is 0.520. The highest BCUT2D eigenvalue weighted by Crippen LogP contribution is 2.15. The smallest absolute Gasteiger partial charge is 0.0594 e. The summed E-state index contributed by atoms with van der Waals surface area (Å²) >= 11 is 0. The van der Waals surface area contributed by atoms with Crippen LogP contribution >= 0.6 is 18.5 Å². The third kappa shape index (κ3) is 2.47. The van der Waals surface area contributed by atoms with Gasteiger partial charge in [-0.05, 0) is 0 Å². The molecule has 54 valence electrons. The van der Waals surface area contributed by atoms with E-state index in [9.17, 15) is 0 Å². The maximum atomic E-state index is 5.19. The molecule has 2 unspecified atom stereocenters. The summed E-state index contributed by atoms with van der Waals surface area (Å²) in [4.78, 5) is 2.36. The predicted octanol–water partition coefficient (Wildman–Crippen LogP) is 0.352. The van der Waals surface area contributed by atoms with Gasteiger partial charge in [-0.25, -0.2) is 0 Å². The van der Waals surface area contributed by atoms with Crippen LogP contribution in [0, 0.1) is 0 Å². The molecule has 1 rings (SSSR count). The molecule has 0 bridgehead atoms. The van der Waals surface area contributed by atoms with Crippen molar-refractivity contribution in [3.8, 4) is 0 Å². The predicted molar refractivity (Wildman–Crippen MR) is 45.6 cm³/mol. The molecule has 1 aliphatic heterocycles. The Bertz CT molecular complexity index is 83.0. The van der Waals surface area contributed by atoms with E-state index in [4.69, 9.17) is 4.74 Å². The maximum absolute atomic E-state index is 5.19. The van der Waals surface area contributed by atoms with Crippen LogP contribution < -0.4 is 0 Å². The van der Waals surface area contributed by atoms with Crippen molar-refractivity contribution in [1.82, 2.24) is 4.90 Å². The van der Waals surface area contributed by atoms with E-state index in [1.165, 1.54) is 0 Å². The first-order valence-corrected chi connectivity index (χ1v) is 4.47. The Balaban J connectivity index is 2.23. The van der Waals surface area contributed by atoms with E-state index in [-0.39, 0.29) is 0 Å². The molecule has 2 atom stereocenters. The Morgan fingerprint density at radius 1 is 1.22 bits per heavy atom. The van der Waals surface area contributed by atoms with Crippen molar-refractivity contribution in [2.24, 2.45) is 0 Å². The summed E-state index contributed by atoms with van der Waals surface area (Å²) in [5.74, 6) is 0. The van der Waals surface area contributed by atoms with E-state index in [1.807, 2.05) is 0 Å². The molecular formula is C5H13NOP2. The van der Waals surface area contributed by atoms with Crippen molar-refractivity contribution in [1.29, 1.82) is 0 Å². The molecule has 9 heavy (non-hydrogen) atoms. The molecule has 1 aliphatic rings. The van der Waals surface area contributed by atoms with Crippen molar-refractivity contribution < 1.29 is 4.74 Å². The van der Waals surface area contributed by atoms with Gasteiger partial charge in [-0.2, -0.15) is 0 Å². The molecule has 1 saturated heterocycles. The summed E-state index contributed by atoms with van der Waals surface area (Å²) in [6, 6.07) is 0. The Morgan fingerprint density at radius 3 is 2.11 bits per heavy atom. The lowest BCUT2D eigenvalue weighted by molar-refractivity contribution is 0.0431. The van der Waals surface area contributed by atoms with Crippen molar-refractivity contribution in [2.45, 2.75) is 5.52 Å². The fraction of sp³-hybridized carbons (Fsp3) is 1.00. The van der Waals surface area contributed by atoms with Crippen molar-refractivity contribution >= 4 is 18.5 Å². The molecule has 0 spiro atoms. The molecule has 0 amide bonds. The van der Waals surface area contributed by atoms with Crippen molar-refractivity contribution in [2.75, 3.05) is 26.3 Å².